The molecule has 6 nitrogen and oxygen atoms in total. The fraction of sp³-hybridized carbons (Fsp3) is 0.486. The maximum absolute atomic E-state index is 13.4. The summed E-state index contributed by atoms with van der Waals surface area (Å²) in [6, 6.07) is 18.6. The van der Waals surface area contributed by atoms with E-state index in [2.05, 4.69) is 90.8 Å². The summed E-state index contributed by atoms with van der Waals surface area (Å²) in [6.45, 7) is 21.2. The fourth-order valence-electron chi connectivity index (χ4n) is 5.05. The fourth-order valence-corrected chi connectivity index (χ4v) is 5.05. The van der Waals surface area contributed by atoms with Crippen LogP contribution >= 0.6 is 0 Å². The Morgan fingerprint density at radius 3 is 2.23 bits per heavy atom. The molecule has 0 fully saturated rings. The van der Waals surface area contributed by atoms with E-state index >= 15 is 0 Å². The van der Waals surface area contributed by atoms with Crippen LogP contribution < -0.4 is 10.1 Å². The van der Waals surface area contributed by atoms with Crippen LogP contribution in [-0.4, -0.2) is 33.7 Å². The van der Waals surface area contributed by atoms with Gasteiger partial charge in [-0.05, 0) is 48.1 Å². The predicted molar refractivity (Wildman–Crippen MR) is 177 cm³/mol. The molecule has 2 aromatic carbocycles. The molecule has 0 atom stereocenters. The molecule has 2 heterocycles. The quantitative estimate of drug-likeness (QED) is 0.170. The number of nitrogens with zero attached hydrogens (tertiary/aromatic N) is 3. The van der Waals surface area contributed by atoms with Crippen LogP contribution in [0, 0.1) is 0 Å². The van der Waals surface area contributed by atoms with E-state index in [-0.39, 0.29) is 22.2 Å². The second-order valence-corrected chi connectivity index (χ2v) is 13.9. The first-order valence-electron chi connectivity index (χ1n) is 15.8. The van der Waals surface area contributed by atoms with Gasteiger partial charge in [0, 0.05) is 35.3 Å². The Morgan fingerprint density at radius 2 is 1.58 bits per heavy atom. The van der Waals surface area contributed by atoms with E-state index in [0.29, 0.717) is 18.7 Å². The Bertz CT molecular complexity index is 1540. The third-order valence-corrected chi connectivity index (χ3v) is 8.92. The van der Waals surface area contributed by atoms with Crippen LogP contribution in [0.5, 0.6) is 5.75 Å². The van der Waals surface area contributed by atoms with Gasteiger partial charge in [-0.2, -0.15) is 5.10 Å². The minimum absolute atomic E-state index is 0.0248. The van der Waals surface area contributed by atoms with Crippen molar-refractivity contribution in [2.45, 2.75) is 104 Å². The molecule has 0 aliphatic carbocycles. The number of carbonyl (C=O) groups is 1. The maximum Gasteiger partial charge on any atom is 0.255 e. The first kappa shape index (κ1) is 32.2. The number of ether oxygens (including phenoxy) is 1. The minimum Gasteiger partial charge on any atom is -0.493 e. The van der Waals surface area contributed by atoms with Crippen LogP contribution in [0.4, 0.5) is 0 Å². The number of rotatable bonds is 12. The molecule has 4 aromatic rings. The normalized spacial score (nSPS) is 12.5. The van der Waals surface area contributed by atoms with Crippen molar-refractivity contribution in [1.82, 2.24) is 19.9 Å². The van der Waals surface area contributed by atoms with Crippen molar-refractivity contribution in [3.05, 3.63) is 83.2 Å². The van der Waals surface area contributed by atoms with Gasteiger partial charge in [0.2, 0.25) is 0 Å². The molecular weight excluding hydrogens is 532 g/mol. The Balaban J connectivity index is 1.43. The van der Waals surface area contributed by atoms with Crippen molar-refractivity contribution < 1.29 is 9.53 Å². The first-order valence-corrected chi connectivity index (χ1v) is 15.8. The number of carbonyl (C=O) groups excluding carboxylic acids is 1. The van der Waals surface area contributed by atoms with Crippen molar-refractivity contribution in [3.63, 3.8) is 0 Å². The van der Waals surface area contributed by atoms with Gasteiger partial charge >= 0.3 is 0 Å². The van der Waals surface area contributed by atoms with Gasteiger partial charge in [0.15, 0.2) is 5.65 Å². The van der Waals surface area contributed by atoms with Crippen molar-refractivity contribution >= 4 is 11.6 Å². The van der Waals surface area contributed by atoms with Gasteiger partial charge in [-0.3, -0.25) is 4.79 Å². The molecule has 43 heavy (non-hydrogen) atoms. The lowest BCUT2D eigenvalue weighted by Gasteiger charge is -2.30. The summed E-state index contributed by atoms with van der Waals surface area (Å²) in [4.78, 5) is 18.0. The molecular formula is C37H50N4O2. The Hall–Kier alpha value is -3.67. The van der Waals surface area contributed by atoms with E-state index in [1.165, 1.54) is 11.1 Å². The molecule has 0 aliphatic heterocycles. The molecule has 0 saturated carbocycles. The van der Waals surface area contributed by atoms with E-state index in [0.717, 1.165) is 54.0 Å². The van der Waals surface area contributed by atoms with Crippen LogP contribution in [0.15, 0.2) is 60.8 Å². The lowest BCUT2D eigenvalue weighted by atomic mass is 9.76. The standard InChI is InChI=1S/C37H50N4O2/c1-10-36(6,7)27-19-20-30(29(23-27)37(8,9)11-2)43-22-16-15-21-38-34(42)28-25-39-32-24-31(35(3,4)5)40-41(32)33(28)26-17-13-12-14-18-26/h12-14,17-20,23-25H,10-11,15-16,21-22H2,1-9H3,(H,38,42). The molecule has 1 N–H and O–H groups in total. The number of amides is 1. The molecule has 2 aromatic heterocycles. The second-order valence-electron chi connectivity index (χ2n) is 13.9. The molecule has 0 radical (unpaired) electrons. The van der Waals surface area contributed by atoms with Crippen molar-refractivity contribution in [2.75, 3.05) is 13.2 Å². The highest BCUT2D eigenvalue weighted by Gasteiger charge is 2.27. The van der Waals surface area contributed by atoms with Crippen LogP contribution in [0.25, 0.3) is 16.9 Å². The van der Waals surface area contributed by atoms with Crippen LogP contribution in [0.2, 0.25) is 0 Å². The number of hydrogen-bond donors (Lipinski definition) is 1. The molecule has 230 valence electrons. The minimum atomic E-state index is -0.150. The van der Waals surface area contributed by atoms with Gasteiger partial charge in [0.1, 0.15) is 5.75 Å². The summed E-state index contributed by atoms with van der Waals surface area (Å²) < 4.78 is 8.15. The van der Waals surface area contributed by atoms with E-state index in [1.807, 2.05) is 36.4 Å². The van der Waals surface area contributed by atoms with Crippen LogP contribution in [0.3, 0.4) is 0 Å². The van der Waals surface area contributed by atoms with Gasteiger partial charge in [0.25, 0.3) is 5.91 Å². The number of benzene rings is 2. The topological polar surface area (TPSA) is 68.5 Å². The zero-order valence-corrected chi connectivity index (χ0v) is 27.7. The predicted octanol–water partition coefficient (Wildman–Crippen LogP) is 8.66. The zero-order valence-electron chi connectivity index (χ0n) is 27.7. The third kappa shape index (κ3) is 7.29. The molecule has 4 rings (SSSR count). The largest absolute Gasteiger partial charge is 0.493 e. The summed E-state index contributed by atoms with van der Waals surface area (Å²) in [5.74, 6) is 0.815. The van der Waals surface area contributed by atoms with E-state index in [4.69, 9.17) is 9.84 Å². The van der Waals surface area contributed by atoms with Gasteiger partial charge in [-0.15, -0.1) is 0 Å². The average Bonchev–Trinajstić information content (AvgIpc) is 3.44. The third-order valence-electron chi connectivity index (χ3n) is 8.92. The second kappa shape index (κ2) is 12.9. The highest BCUT2D eigenvalue weighted by Crippen LogP contribution is 2.38. The number of nitrogens with one attached hydrogen (secondary N) is 1. The van der Waals surface area contributed by atoms with E-state index < -0.39 is 0 Å². The summed E-state index contributed by atoms with van der Waals surface area (Å²) in [6.07, 6.45) is 5.44. The SMILES string of the molecule is CCC(C)(C)c1ccc(OCCCCNC(=O)c2cnc3cc(C(C)(C)C)nn3c2-c2ccccc2)c(C(C)(C)CC)c1. The Morgan fingerprint density at radius 1 is 0.884 bits per heavy atom. The van der Waals surface area contributed by atoms with Crippen LogP contribution in [0.1, 0.15) is 115 Å². The Labute approximate surface area is 258 Å². The zero-order chi connectivity index (χ0) is 31.4. The van der Waals surface area contributed by atoms with Crippen molar-refractivity contribution in [2.24, 2.45) is 0 Å². The number of unbranched alkanes of at least 4 members (excludes halogenated alkanes) is 1. The monoisotopic (exact) mass is 582 g/mol. The first-order chi connectivity index (χ1) is 20.3. The molecule has 0 aliphatic rings. The molecule has 0 spiro atoms. The van der Waals surface area contributed by atoms with Gasteiger partial charge in [0.05, 0.1) is 23.6 Å². The number of aromatic nitrogens is 3. The summed E-state index contributed by atoms with van der Waals surface area (Å²) >= 11 is 0. The highest BCUT2D eigenvalue weighted by atomic mass is 16.5. The smallest absolute Gasteiger partial charge is 0.255 e. The van der Waals surface area contributed by atoms with E-state index in [9.17, 15) is 4.79 Å². The van der Waals surface area contributed by atoms with Crippen LogP contribution in [-0.2, 0) is 16.2 Å². The van der Waals surface area contributed by atoms with Gasteiger partial charge in [-0.1, -0.05) is 105 Å². The maximum atomic E-state index is 13.4. The molecule has 6 heteroatoms. The number of fused-ring (bicyclic) bond motifs is 1. The molecule has 0 bridgehead atoms. The van der Waals surface area contributed by atoms with Gasteiger partial charge in [-0.25, -0.2) is 9.50 Å². The van der Waals surface area contributed by atoms with E-state index in [1.54, 1.807) is 10.7 Å². The molecule has 1 amide bonds. The summed E-state index contributed by atoms with van der Waals surface area (Å²) in [5.41, 5.74) is 6.50. The lowest BCUT2D eigenvalue weighted by molar-refractivity contribution is 0.0952. The Kier molecular flexibility index (Phi) is 9.68. The molecule has 0 unspecified atom stereocenters. The summed E-state index contributed by atoms with van der Waals surface area (Å²) in [5, 5.41) is 7.97. The van der Waals surface area contributed by atoms with Crippen molar-refractivity contribution in [3.8, 4) is 17.0 Å². The lowest BCUT2D eigenvalue weighted by Crippen LogP contribution is -2.26. The highest BCUT2D eigenvalue weighted by molar-refractivity contribution is 6.00. The number of hydrogen-bond acceptors (Lipinski definition) is 4. The summed E-state index contributed by atoms with van der Waals surface area (Å²) in [7, 11) is 0. The van der Waals surface area contributed by atoms with Crippen molar-refractivity contribution in [1.29, 1.82) is 0 Å². The molecule has 0 saturated heterocycles. The van der Waals surface area contributed by atoms with Gasteiger partial charge < -0.3 is 10.1 Å². The average molecular weight is 583 g/mol.